The van der Waals surface area contributed by atoms with Crippen LogP contribution in [0.2, 0.25) is 0 Å². The minimum Gasteiger partial charge on any atom is -0.0522 e. The van der Waals surface area contributed by atoms with Gasteiger partial charge in [-0.1, -0.05) is 6.42 Å². The summed E-state index contributed by atoms with van der Waals surface area (Å²) in [6.07, 6.45) is 8.11. The van der Waals surface area contributed by atoms with Crippen LogP contribution in [0.5, 0.6) is 0 Å². The first-order valence-electron chi connectivity index (χ1n) is 4.39. The zero-order valence-electron chi connectivity index (χ0n) is 5.69. The topological polar surface area (TPSA) is 0 Å². The molecule has 0 bridgehead atoms. The Hall–Kier alpha value is 0. The summed E-state index contributed by atoms with van der Waals surface area (Å²) >= 11 is 0. The van der Waals surface area contributed by atoms with Crippen LogP contribution in [0.25, 0.3) is 0 Å². The molecule has 2 atom stereocenters. The highest BCUT2D eigenvalue weighted by Gasteiger charge is 2.92. The zero-order valence-corrected chi connectivity index (χ0v) is 5.69. The molecule has 0 radical (unpaired) electrons. The Bertz CT molecular complexity index is 180. The molecule has 4 fully saturated rings. The molecule has 0 aromatic rings. The molecule has 0 amide bonds. The van der Waals surface area contributed by atoms with Crippen LogP contribution in [0.1, 0.15) is 32.1 Å². The maximum absolute atomic E-state index is 1.65. The van der Waals surface area contributed by atoms with Crippen molar-refractivity contribution in [1.82, 2.24) is 0 Å². The summed E-state index contributed by atoms with van der Waals surface area (Å²) in [7, 11) is 0. The summed E-state index contributed by atoms with van der Waals surface area (Å²) in [5.74, 6) is 2.53. The Labute approximate surface area is 55.6 Å². The van der Waals surface area contributed by atoms with Crippen molar-refractivity contribution in [2.24, 2.45) is 22.7 Å². The van der Waals surface area contributed by atoms with Crippen LogP contribution in [0.3, 0.4) is 0 Å². The number of hydrogen-bond donors (Lipinski definition) is 0. The van der Waals surface area contributed by atoms with E-state index in [1.165, 1.54) is 11.8 Å². The van der Waals surface area contributed by atoms with Gasteiger partial charge < -0.3 is 0 Å². The summed E-state index contributed by atoms with van der Waals surface area (Å²) in [5.41, 5.74) is 2.02. The maximum atomic E-state index is 1.65. The lowest BCUT2D eigenvalue weighted by atomic mass is 9.67. The van der Waals surface area contributed by atoms with Crippen molar-refractivity contribution in [2.45, 2.75) is 32.1 Å². The normalized spacial score (nSPS) is 80.0. The molecule has 4 saturated carbocycles. The van der Waals surface area contributed by atoms with Gasteiger partial charge in [0.2, 0.25) is 0 Å². The molecule has 0 saturated heterocycles. The average Bonchev–Trinajstić information content (AvgIpc) is 2.08. The van der Waals surface area contributed by atoms with Gasteiger partial charge in [-0.15, -0.1) is 0 Å². The number of hydrogen-bond acceptors (Lipinski definition) is 0. The molecule has 0 N–H and O–H groups in total. The molecule has 2 unspecified atom stereocenters. The van der Waals surface area contributed by atoms with Crippen molar-refractivity contribution >= 4 is 0 Å². The molecule has 4 aliphatic rings. The van der Waals surface area contributed by atoms with Gasteiger partial charge in [-0.2, -0.15) is 0 Å². The highest BCUT2D eigenvalue weighted by Crippen LogP contribution is 2.98. The second-order valence-corrected chi connectivity index (χ2v) is 4.81. The van der Waals surface area contributed by atoms with E-state index < -0.39 is 0 Å². The molecule has 2 spiro atoms. The van der Waals surface area contributed by atoms with Crippen molar-refractivity contribution in [3.8, 4) is 0 Å². The Morgan fingerprint density at radius 1 is 1.00 bits per heavy atom. The molecule has 9 heavy (non-hydrogen) atoms. The van der Waals surface area contributed by atoms with E-state index in [9.17, 15) is 0 Å². The third-order valence-electron chi connectivity index (χ3n) is 5.07. The molecule has 4 aliphatic carbocycles. The molecule has 0 nitrogen and oxygen atoms in total. The van der Waals surface area contributed by atoms with Crippen molar-refractivity contribution in [1.29, 1.82) is 0 Å². The predicted octanol–water partition coefficient (Wildman–Crippen LogP) is 2.20. The quantitative estimate of drug-likeness (QED) is 0.459. The molecular weight excluding hydrogens is 108 g/mol. The summed E-state index contributed by atoms with van der Waals surface area (Å²) in [6, 6.07) is 0. The molecule has 0 aromatic heterocycles. The predicted molar refractivity (Wildman–Crippen MR) is 34.9 cm³/mol. The number of rotatable bonds is 0. The highest BCUT2D eigenvalue weighted by molar-refractivity contribution is 5.40. The van der Waals surface area contributed by atoms with Crippen LogP contribution >= 0.6 is 0 Å². The largest absolute Gasteiger partial charge is 0.0522 e. The van der Waals surface area contributed by atoms with Crippen LogP contribution in [0.15, 0.2) is 0 Å². The molecular formula is C9H12. The van der Waals surface area contributed by atoms with E-state index in [1.807, 2.05) is 0 Å². The highest BCUT2D eigenvalue weighted by atomic mass is 15.0. The fourth-order valence-corrected chi connectivity index (χ4v) is 4.99. The SMILES string of the molecule is C1CC23CC4CC2(C1)C43. The van der Waals surface area contributed by atoms with Gasteiger partial charge in [0.25, 0.3) is 0 Å². The third kappa shape index (κ3) is 0.171. The minimum absolute atomic E-state index is 1.01. The van der Waals surface area contributed by atoms with E-state index in [4.69, 9.17) is 0 Å². The minimum atomic E-state index is 1.01. The first-order chi connectivity index (χ1) is 4.39. The van der Waals surface area contributed by atoms with Crippen LogP contribution < -0.4 is 0 Å². The second kappa shape index (κ2) is 0.741. The molecule has 0 heteroatoms. The van der Waals surface area contributed by atoms with Gasteiger partial charge in [-0.3, -0.25) is 0 Å². The fourth-order valence-electron chi connectivity index (χ4n) is 4.99. The van der Waals surface area contributed by atoms with Gasteiger partial charge in [0, 0.05) is 0 Å². The smallest absolute Gasteiger partial charge is 0.0199 e. The fraction of sp³-hybridized carbons (Fsp3) is 1.00. The third-order valence-corrected chi connectivity index (χ3v) is 5.07. The first kappa shape index (κ1) is 4.00. The van der Waals surface area contributed by atoms with Gasteiger partial charge in [0.15, 0.2) is 0 Å². The maximum Gasteiger partial charge on any atom is -0.0199 e. The van der Waals surface area contributed by atoms with Crippen LogP contribution in [-0.2, 0) is 0 Å². The van der Waals surface area contributed by atoms with E-state index in [-0.39, 0.29) is 0 Å². The Morgan fingerprint density at radius 2 is 1.67 bits per heavy atom. The van der Waals surface area contributed by atoms with Crippen molar-refractivity contribution in [3.63, 3.8) is 0 Å². The van der Waals surface area contributed by atoms with Gasteiger partial charge in [0.1, 0.15) is 0 Å². The summed E-state index contributed by atoms with van der Waals surface area (Å²) < 4.78 is 0. The lowest BCUT2D eigenvalue weighted by Gasteiger charge is -2.37. The van der Waals surface area contributed by atoms with Gasteiger partial charge in [-0.05, 0) is 48.3 Å². The van der Waals surface area contributed by atoms with E-state index in [0.29, 0.717) is 0 Å². The zero-order chi connectivity index (χ0) is 5.69. The van der Waals surface area contributed by atoms with Crippen LogP contribution in [-0.4, -0.2) is 0 Å². The Kier molecular flexibility index (Phi) is 0.329. The van der Waals surface area contributed by atoms with Crippen LogP contribution in [0, 0.1) is 22.7 Å². The van der Waals surface area contributed by atoms with E-state index >= 15 is 0 Å². The second-order valence-electron chi connectivity index (χ2n) is 4.81. The van der Waals surface area contributed by atoms with Gasteiger partial charge in [-0.25, -0.2) is 0 Å². The van der Waals surface area contributed by atoms with Crippen molar-refractivity contribution < 1.29 is 0 Å². The van der Waals surface area contributed by atoms with E-state index in [0.717, 1.165) is 10.8 Å². The van der Waals surface area contributed by atoms with Gasteiger partial charge >= 0.3 is 0 Å². The van der Waals surface area contributed by atoms with Crippen molar-refractivity contribution in [3.05, 3.63) is 0 Å². The molecule has 48 valence electrons. The Balaban J connectivity index is 1.99. The summed E-state index contributed by atoms with van der Waals surface area (Å²) in [4.78, 5) is 0. The average molecular weight is 120 g/mol. The lowest BCUT2D eigenvalue weighted by molar-refractivity contribution is 0.119. The first-order valence-corrected chi connectivity index (χ1v) is 4.39. The van der Waals surface area contributed by atoms with Crippen LogP contribution in [0.4, 0.5) is 0 Å². The Morgan fingerprint density at radius 3 is 2.11 bits per heavy atom. The molecule has 0 aliphatic heterocycles. The van der Waals surface area contributed by atoms with E-state index in [1.54, 1.807) is 32.1 Å². The molecule has 0 aromatic carbocycles. The summed E-state index contributed by atoms with van der Waals surface area (Å²) in [5, 5.41) is 0. The standard InChI is InChI=1S/C9H12/c1-2-8-4-6-5-9(8,3-1)7(6)8/h6-7H,1-5H2. The molecule has 0 heterocycles. The van der Waals surface area contributed by atoms with Crippen molar-refractivity contribution in [2.75, 3.05) is 0 Å². The lowest BCUT2D eigenvalue weighted by Crippen LogP contribution is -2.29. The van der Waals surface area contributed by atoms with Gasteiger partial charge in [0.05, 0.1) is 0 Å². The monoisotopic (exact) mass is 120 g/mol. The van der Waals surface area contributed by atoms with E-state index in [2.05, 4.69) is 0 Å². The molecule has 4 rings (SSSR count). The summed E-state index contributed by atoms with van der Waals surface area (Å²) in [6.45, 7) is 0.